The monoisotopic (exact) mass is 352 g/mol. The molecule has 1 aromatic heterocycles. The average molecular weight is 353 g/mol. The van der Waals surface area contributed by atoms with Crippen LogP contribution in [0.5, 0.6) is 5.75 Å². The SMILES string of the molecule is N#Cc1cc(NC(=O)c2occc2COc2ccccc2)ccc1Cl. The molecule has 124 valence electrons. The van der Waals surface area contributed by atoms with Crippen molar-refractivity contribution in [3.63, 3.8) is 0 Å². The number of anilines is 1. The van der Waals surface area contributed by atoms with Gasteiger partial charge in [0.15, 0.2) is 5.76 Å². The fourth-order valence-electron chi connectivity index (χ4n) is 2.20. The lowest BCUT2D eigenvalue weighted by Gasteiger charge is -2.08. The van der Waals surface area contributed by atoms with Gasteiger partial charge in [0.2, 0.25) is 0 Å². The Bertz CT molecular complexity index is 929. The molecule has 0 bridgehead atoms. The summed E-state index contributed by atoms with van der Waals surface area (Å²) in [7, 11) is 0. The van der Waals surface area contributed by atoms with E-state index in [1.54, 1.807) is 18.2 Å². The van der Waals surface area contributed by atoms with E-state index in [1.165, 1.54) is 12.3 Å². The van der Waals surface area contributed by atoms with Crippen LogP contribution in [0.1, 0.15) is 21.7 Å². The van der Waals surface area contributed by atoms with Gasteiger partial charge in [-0.15, -0.1) is 0 Å². The van der Waals surface area contributed by atoms with Crippen LogP contribution in [0.15, 0.2) is 65.3 Å². The Hall–Kier alpha value is -3.23. The van der Waals surface area contributed by atoms with Gasteiger partial charge in [0.05, 0.1) is 16.8 Å². The number of hydrogen-bond donors (Lipinski definition) is 1. The van der Waals surface area contributed by atoms with Gasteiger partial charge in [0.1, 0.15) is 18.4 Å². The lowest BCUT2D eigenvalue weighted by molar-refractivity contribution is 0.0993. The first kappa shape index (κ1) is 16.6. The molecule has 1 heterocycles. The van der Waals surface area contributed by atoms with Gasteiger partial charge in [-0.3, -0.25) is 4.79 Å². The number of para-hydroxylation sites is 1. The van der Waals surface area contributed by atoms with Gasteiger partial charge >= 0.3 is 0 Å². The number of furan rings is 1. The van der Waals surface area contributed by atoms with E-state index in [4.69, 9.17) is 26.0 Å². The molecule has 0 fully saturated rings. The normalized spacial score (nSPS) is 10.1. The molecular weight excluding hydrogens is 340 g/mol. The summed E-state index contributed by atoms with van der Waals surface area (Å²) < 4.78 is 10.9. The number of rotatable bonds is 5. The Morgan fingerprint density at radius 2 is 2.00 bits per heavy atom. The van der Waals surface area contributed by atoms with E-state index in [9.17, 15) is 4.79 Å². The first-order chi connectivity index (χ1) is 12.2. The second-order valence-corrected chi connectivity index (χ2v) is 5.54. The third kappa shape index (κ3) is 4.00. The number of nitriles is 1. The van der Waals surface area contributed by atoms with Gasteiger partial charge in [0, 0.05) is 11.3 Å². The van der Waals surface area contributed by atoms with E-state index >= 15 is 0 Å². The van der Waals surface area contributed by atoms with Crippen LogP contribution in [-0.4, -0.2) is 5.91 Å². The largest absolute Gasteiger partial charge is 0.489 e. The topological polar surface area (TPSA) is 75.3 Å². The number of nitrogens with one attached hydrogen (secondary N) is 1. The molecular formula is C19H13ClN2O3. The Morgan fingerprint density at radius 1 is 1.20 bits per heavy atom. The number of amides is 1. The zero-order valence-electron chi connectivity index (χ0n) is 13.0. The van der Waals surface area contributed by atoms with Gasteiger partial charge in [-0.25, -0.2) is 0 Å². The molecule has 0 aliphatic heterocycles. The smallest absolute Gasteiger partial charge is 0.291 e. The standard InChI is InChI=1S/C19H13ClN2O3/c20-17-7-6-15(10-14(17)11-21)22-19(23)18-13(8-9-24-18)12-25-16-4-2-1-3-5-16/h1-10H,12H2,(H,22,23). The minimum absolute atomic E-state index is 0.157. The molecule has 0 saturated heterocycles. The molecule has 0 radical (unpaired) electrons. The molecule has 1 amide bonds. The highest BCUT2D eigenvalue weighted by atomic mass is 35.5. The van der Waals surface area contributed by atoms with Crippen LogP contribution in [0.3, 0.4) is 0 Å². The quantitative estimate of drug-likeness (QED) is 0.726. The van der Waals surface area contributed by atoms with Crippen LogP contribution in [0.25, 0.3) is 0 Å². The molecule has 1 N–H and O–H groups in total. The molecule has 2 aromatic carbocycles. The van der Waals surface area contributed by atoms with Crippen molar-refractivity contribution in [2.75, 3.05) is 5.32 Å². The second-order valence-electron chi connectivity index (χ2n) is 5.14. The predicted octanol–water partition coefficient (Wildman–Crippen LogP) is 4.64. The van der Waals surface area contributed by atoms with Crippen LogP contribution in [0.4, 0.5) is 5.69 Å². The Morgan fingerprint density at radius 3 is 2.76 bits per heavy atom. The van der Waals surface area contributed by atoms with Crippen molar-refractivity contribution >= 4 is 23.2 Å². The van der Waals surface area contributed by atoms with Gasteiger partial charge in [-0.2, -0.15) is 5.26 Å². The maximum Gasteiger partial charge on any atom is 0.291 e. The fraction of sp³-hybridized carbons (Fsp3) is 0.0526. The Balaban J connectivity index is 1.71. The van der Waals surface area contributed by atoms with Crippen molar-refractivity contribution in [2.24, 2.45) is 0 Å². The van der Waals surface area contributed by atoms with Crippen LogP contribution < -0.4 is 10.1 Å². The molecule has 6 heteroatoms. The number of hydrogen-bond acceptors (Lipinski definition) is 4. The van der Waals surface area contributed by atoms with Gasteiger partial charge < -0.3 is 14.5 Å². The summed E-state index contributed by atoms with van der Waals surface area (Å²) in [6.45, 7) is 0.202. The van der Waals surface area contributed by atoms with Gasteiger partial charge in [0.25, 0.3) is 5.91 Å². The first-order valence-corrected chi connectivity index (χ1v) is 7.80. The highest BCUT2D eigenvalue weighted by Crippen LogP contribution is 2.21. The summed E-state index contributed by atoms with van der Waals surface area (Å²) in [6.07, 6.45) is 1.43. The third-order valence-corrected chi connectivity index (χ3v) is 3.76. The zero-order valence-corrected chi connectivity index (χ0v) is 13.8. The van der Waals surface area contributed by atoms with Crippen LogP contribution in [0, 0.1) is 11.3 Å². The molecule has 0 saturated carbocycles. The van der Waals surface area contributed by atoms with E-state index in [2.05, 4.69) is 5.32 Å². The number of carbonyl (C=O) groups excluding carboxylic acids is 1. The number of benzene rings is 2. The summed E-state index contributed by atoms with van der Waals surface area (Å²) in [5.74, 6) is 0.429. The van der Waals surface area contributed by atoms with Crippen LogP contribution in [0.2, 0.25) is 5.02 Å². The highest BCUT2D eigenvalue weighted by molar-refractivity contribution is 6.31. The maximum atomic E-state index is 12.4. The summed E-state index contributed by atoms with van der Waals surface area (Å²) >= 11 is 5.89. The zero-order chi connectivity index (χ0) is 17.6. The van der Waals surface area contributed by atoms with Crippen LogP contribution >= 0.6 is 11.6 Å². The molecule has 0 aliphatic carbocycles. The summed E-state index contributed by atoms with van der Waals surface area (Å²) in [6, 6.07) is 17.6. The lowest BCUT2D eigenvalue weighted by atomic mass is 10.2. The van der Waals surface area contributed by atoms with Crippen molar-refractivity contribution in [3.05, 3.63) is 82.8 Å². The van der Waals surface area contributed by atoms with Crippen molar-refractivity contribution < 1.29 is 13.9 Å². The van der Waals surface area contributed by atoms with Crippen molar-refractivity contribution in [1.29, 1.82) is 5.26 Å². The number of nitrogens with zero attached hydrogens (tertiary/aromatic N) is 1. The molecule has 3 aromatic rings. The molecule has 25 heavy (non-hydrogen) atoms. The summed E-state index contributed by atoms with van der Waals surface area (Å²) in [5.41, 5.74) is 1.36. The minimum Gasteiger partial charge on any atom is -0.489 e. The molecule has 0 atom stereocenters. The van der Waals surface area contributed by atoms with Gasteiger partial charge in [-0.05, 0) is 36.4 Å². The van der Waals surface area contributed by atoms with E-state index in [0.29, 0.717) is 22.0 Å². The van der Waals surface area contributed by atoms with Gasteiger partial charge in [-0.1, -0.05) is 29.8 Å². The van der Waals surface area contributed by atoms with E-state index in [1.807, 2.05) is 36.4 Å². The Kier molecular flexibility index (Phi) is 5.03. The number of carbonyl (C=O) groups is 1. The summed E-state index contributed by atoms with van der Waals surface area (Å²) in [4.78, 5) is 12.4. The van der Waals surface area contributed by atoms with Crippen LogP contribution in [-0.2, 0) is 6.61 Å². The van der Waals surface area contributed by atoms with Crippen molar-refractivity contribution in [1.82, 2.24) is 0 Å². The van der Waals surface area contributed by atoms with E-state index in [-0.39, 0.29) is 17.9 Å². The summed E-state index contributed by atoms with van der Waals surface area (Å²) in [5, 5.41) is 12.0. The predicted molar refractivity (Wildman–Crippen MR) is 93.6 cm³/mol. The second kappa shape index (κ2) is 7.56. The molecule has 5 nitrogen and oxygen atoms in total. The molecule has 0 unspecified atom stereocenters. The number of ether oxygens (including phenoxy) is 1. The highest BCUT2D eigenvalue weighted by Gasteiger charge is 2.16. The lowest BCUT2D eigenvalue weighted by Crippen LogP contribution is -2.13. The Labute approximate surface area is 149 Å². The first-order valence-electron chi connectivity index (χ1n) is 7.42. The number of halogens is 1. The average Bonchev–Trinajstić information content (AvgIpc) is 3.11. The third-order valence-electron chi connectivity index (χ3n) is 3.44. The molecule has 0 spiro atoms. The van der Waals surface area contributed by atoms with E-state index < -0.39 is 5.91 Å². The maximum absolute atomic E-state index is 12.4. The van der Waals surface area contributed by atoms with Crippen molar-refractivity contribution in [3.8, 4) is 11.8 Å². The van der Waals surface area contributed by atoms with Crippen molar-refractivity contribution in [2.45, 2.75) is 6.61 Å². The minimum atomic E-state index is -0.428. The molecule has 0 aliphatic rings. The van der Waals surface area contributed by atoms with E-state index in [0.717, 1.165) is 0 Å². The fourth-order valence-corrected chi connectivity index (χ4v) is 2.36. The molecule has 3 rings (SSSR count).